The van der Waals surface area contributed by atoms with Gasteiger partial charge in [0, 0.05) is 17.6 Å². The molecule has 0 aliphatic heterocycles. The Balaban J connectivity index is 1.25. The zero-order valence-electron chi connectivity index (χ0n) is 16.8. The van der Waals surface area contributed by atoms with E-state index in [-0.39, 0.29) is 17.3 Å². The SMILES string of the molecule is Cc1c(Cl)cccc1S(=O)(=O)NCC1(C(=O)NC2C3CC4CC(C3)CC2C4)CC1. The van der Waals surface area contributed by atoms with E-state index in [4.69, 9.17) is 11.6 Å². The van der Waals surface area contributed by atoms with Gasteiger partial charge in [0.25, 0.3) is 0 Å². The minimum atomic E-state index is -3.70. The summed E-state index contributed by atoms with van der Waals surface area (Å²) in [5, 5.41) is 3.79. The third-order valence-electron chi connectivity index (χ3n) is 7.97. The number of hydrogen-bond donors (Lipinski definition) is 2. The predicted octanol–water partition coefficient (Wildman–Crippen LogP) is 3.65. The monoisotopic (exact) mass is 436 g/mol. The van der Waals surface area contributed by atoms with Gasteiger partial charge >= 0.3 is 0 Å². The van der Waals surface area contributed by atoms with Gasteiger partial charge in [-0.05, 0) is 93.2 Å². The lowest BCUT2D eigenvalue weighted by Crippen LogP contribution is -2.57. The molecule has 4 bridgehead atoms. The van der Waals surface area contributed by atoms with Gasteiger partial charge in [-0.15, -0.1) is 0 Å². The third-order valence-corrected chi connectivity index (χ3v) is 9.92. The Hall–Kier alpha value is -1.11. The molecule has 1 aromatic rings. The maximum Gasteiger partial charge on any atom is 0.240 e. The zero-order chi connectivity index (χ0) is 20.4. The molecule has 0 radical (unpaired) electrons. The molecule has 29 heavy (non-hydrogen) atoms. The van der Waals surface area contributed by atoms with Gasteiger partial charge in [0.2, 0.25) is 15.9 Å². The Morgan fingerprint density at radius 2 is 1.72 bits per heavy atom. The Kier molecular flexibility index (Phi) is 4.76. The predicted molar refractivity (Wildman–Crippen MR) is 112 cm³/mol. The number of sulfonamides is 1. The molecule has 1 amide bonds. The second kappa shape index (κ2) is 6.96. The van der Waals surface area contributed by atoms with Crippen LogP contribution in [0.4, 0.5) is 0 Å². The minimum Gasteiger partial charge on any atom is -0.352 e. The summed E-state index contributed by atoms with van der Waals surface area (Å²) in [4.78, 5) is 13.3. The van der Waals surface area contributed by atoms with Gasteiger partial charge in [-0.2, -0.15) is 0 Å². The molecule has 7 heteroatoms. The van der Waals surface area contributed by atoms with Crippen LogP contribution in [0.3, 0.4) is 0 Å². The van der Waals surface area contributed by atoms with Crippen LogP contribution in [-0.2, 0) is 14.8 Å². The van der Waals surface area contributed by atoms with Gasteiger partial charge < -0.3 is 5.32 Å². The number of nitrogens with one attached hydrogen (secondary N) is 2. The fraction of sp³-hybridized carbons (Fsp3) is 0.682. The molecule has 5 nitrogen and oxygen atoms in total. The normalized spacial score (nSPS) is 34.2. The van der Waals surface area contributed by atoms with Crippen LogP contribution in [0.1, 0.15) is 50.5 Å². The molecule has 5 aliphatic rings. The van der Waals surface area contributed by atoms with Crippen molar-refractivity contribution in [3.63, 3.8) is 0 Å². The van der Waals surface area contributed by atoms with E-state index < -0.39 is 15.4 Å². The van der Waals surface area contributed by atoms with Crippen molar-refractivity contribution in [1.29, 1.82) is 0 Å². The van der Waals surface area contributed by atoms with E-state index in [1.165, 1.54) is 32.1 Å². The van der Waals surface area contributed by atoms with Crippen LogP contribution < -0.4 is 10.0 Å². The van der Waals surface area contributed by atoms with E-state index in [9.17, 15) is 13.2 Å². The van der Waals surface area contributed by atoms with Crippen LogP contribution in [0, 0.1) is 36.0 Å². The molecule has 2 N–H and O–H groups in total. The third kappa shape index (κ3) is 3.51. The summed E-state index contributed by atoms with van der Waals surface area (Å²) in [5.74, 6) is 3.02. The summed E-state index contributed by atoms with van der Waals surface area (Å²) in [6, 6.07) is 5.16. The highest BCUT2D eigenvalue weighted by Crippen LogP contribution is 2.54. The molecule has 0 spiro atoms. The quantitative estimate of drug-likeness (QED) is 0.714. The lowest BCUT2D eigenvalue weighted by molar-refractivity contribution is -0.130. The summed E-state index contributed by atoms with van der Waals surface area (Å²) < 4.78 is 28.3. The summed E-state index contributed by atoms with van der Waals surface area (Å²) in [7, 11) is -3.70. The molecule has 1 aromatic carbocycles. The largest absolute Gasteiger partial charge is 0.352 e. The zero-order valence-corrected chi connectivity index (χ0v) is 18.4. The number of carbonyl (C=O) groups is 1. The summed E-state index contributed by atoms with van der Waals surface area (Å²) in [5.41, 5.74) is -0.0571. The molecule has 6 rings (SSSR count). The molecule has 0 heterocycles. The van der Waals surface area contributed by atoms with Crippen LogP contribution in [0.25, 0.3) is 0 Å². The number of halogens is 1. The standard InChI is InChI=1S/C22H29ClN2O3S/c1-13-18(23)3-2-4-19(13)29(27,28)24-12-22(5-6-22)21(26)25-20-16-8-14-7-15(10-16)11-17(20)9-14/h2-4,14-17,20,24H,5-12H2,1H3,(H,25,26). The molecule has 5 aliphatic carbocycles. The van der Waals surface area contributed by atoms with Gasteiger partial charge in [0.15, 0.2) is 0 Å². The fourth-order valence-corrected chi connectivity index (χ4v) is 7.91. The van der Waals surface area contributed by atoms with Crippen molar-refractivity contribution in [3.8, 4) is 0 Å². The van der Waals surface area contributed by atoms with Gasteiger partial charge in [-0.1, -0.05) is 17.7 Å². The lowest BCUT2D eigenvalue weighted by atomic mass is 9.54. The maximum absolute atomic E-state index is 13.1. The molecule has 158 valence electrons. The molecule has 5 fully saturated rings. The number of benzene rings is 1. The van der Waals surface area contributed by atoms with E-state index >= 15 is 0 Å². The first-order chi connectivity index (χ1) is 13.8. The average Bonchev–Trinajstić information content (AvgIpc) is 3.46. The van der Waals surface area contributed by atoms with Crippen LogP contribution in [0.2, 0.25) is 5.02 Å². The van der Waals surface area contributed by atoms with Crippen molar-refractivity contribution in [2.24, 2.45) is 29.1 Å². The first kappa shape index (κ1) is 19.8. The molecule has 0 unspecified atom stereocenters. The Bertz CT molecular complexity index is 913. The van der Waals surface area contributed by atoms with Crippen molar-refractivity contribution < 1.29 is 13.2 Å². The second-order valence-corrected chi connectivity index (χ2v) is 12.0. The number of carbonyl (C=O) groups excluding carboxylic acids is 1. The average molecular weight is 437 g/mol. The summed E-state index contributed by atoms with van der Waals surface area (Å²) in [6.45, 7) is 1.85. The number of rotatable bonds is 6. The van der Waals surface area contributed by atoms with Gasteiger partial charge in [0.05, 0.1) is 10.3 Å². The molecule has 0 aromatic heterocycles. The Morgan fingerprint density at radius 1 is 1.10 bits per heavy atom. The molecule has 5 saturated carbocycles. The van der Waals surface area contributed by atoms with Crippen molar-refractivity contribution in [1.82, 2.24) is 10.0 Å². The van der Waals surface area contributed by atoms with Crippen LogP contribution in [0.15, 0.2) is 23.1 Å². The molecule has 0 saturated heterocycles. The topological polar surface area (TPSA) is 75.3 Å². The smallest absolute Gasteiger partial charge is 0.240 e. The van der Waals surface area contributed by atoms with Crippen LogP contribution in [0.5, 0.6) is 0 Å². The maximum atomic E-state index is 13.1. The van der Waals surface area contributed by atoms with Crippen molar-refractivity contribution in [2.75, 3.05) is 6.54 Å². The van der Waals surface area contributed by atoms with Gasteiger partial charge in [-0.25, -0.2) is 13.1 Å². The van der Waals surface area contributed by atoms with E-state index in [2.05, 4.69) is 10.0 Å². The highest BCUT2D eigenvalue weighted by atomic mass is 35.5. The number of hydrogen-bond acceptors (Lipinski definition) is 3. The fourth-order valence-electron chi connectivity index (χ4n) is 6.29. The highest BCUT2D eigenvalue weighted by Gasteiger charge is 2.54. The van der Waals surface area contributed by atoms with Crippen molar-refractivity contribution in [2.45, 2.75) is 62.8 Å². The molecular formula is C22H29ClN2O3S. The van der Waals surface area contributed by atoms with E-state index in [0.717, 1.165) is 24.7 Å². The first-order valence-corrected chi connectivity index (χ1v) is 12.7. The van der Waals surface area contributed by atoms with E-state index in [1.807, 2.05) is 0 Å². The van der Waals surface area contributed by atoms with Gasteiger partial charge in [-0.3, -0.25) is 4.79 Å². The first-order valence-electron chi connectivity index (χ1n) is 10.8. The molecular weight excluding hydrogens is 408 g/mol. The Morgan fingerprint density at radius 3 is 2.31 bits per heavy atom. The minimum absolute atomic E-state index is 0.0421. The highest BCUT2D eigenvalue weighted by molar-refractivity contribution is 7.89. The van der Waals surface area contributed by atoms with Crippen molar-refractivity contribution in [3.05, 3.63) is 28.8 Å². The summed E-state index contributed by atoms with van der Waals surface area (Å²) in [6.07, 6.45) is 7.89. The second-order valence-electron chi connectivity index (χ2n) is 9.90. The van der Waals surface area contributed by atoms with Gasteiger partial charge in [0.1, 0.15) is 0 Å². The molecule has 0 atom stereocenters. The van der Waals surface area contributed by atoms with E-state index in [1.54, 1.807) is 25.1 Å². The van der Waals surface area contributed by atoms with Crippen LogP contribution in [-0.4, -0.2) is 26.9 Å². The van der Waals surface area contributed by atoms with Crippen LogP contribution >= 0.6 is 11.6 Å². The number of amides is 1. The lowest BCUT2D eigenvalue weighted by Gasteiger charge is -2.54. The van der Waals surface area contributed by atoms with Crippen molar-refractivity contribution >= 4 is 27.5 Å². The van der Waals surface area contributed by atoms with E-state index in [0.29, 0.717) is 28.5 Å². The Labute approximate surface area is 178 Å². The summed E-state index contributed by atoms with van der Waals surface area (Å²) >= 11 is 6.08.